The summed E-state index contributed by atoms with van der Waals surface area (Å²) in [5, 5.41) is 3.44. The van der Waals surface area contributed by atoms with Crippen molar-refractivity contribution in [2.75, 3.05) is 19.6 Å². The molecule has 2 saturated heterocycles. The van der Waals surface area contributed by atoms with Gasteiger partial charge < -0.3 is 15.0 Å². The van der Waals surface area contributed by atoms with Gasteiger partial charge in [-0.3, -0.25) is 0 Å². The van der Waals surface area contributed by atoms with Gasteiger partial charge in [0.1, 0.15) is 5.60 Å². The summed E-state index contributed by atoms with van der Waals surface area (Å²) in [6.07, 6.45) is -0.159. The summed E-state index contributed by atoms with van der Waals surface area (Å²) in [7, 11) is 0. The number of fused-ring (bicyclic) bond motifs is 1. The predicted octanol–water partition coefficient (Wildman–Crippen LogP) is 1.85. The molecule has 2 aliphatic heterocycles. The Bertz CT molecular complexity index is 320. The molecular formula is C13H24N2O2. The Labute approximate surface area is 104 Å². The van der Waals surface area contributed by atoms with E-state index in [2.05, 4.69) is 19.2 Å². The quantitative estimate of drug-likeness (QED) is 0.702. The molecule has 0 unspecified atom stereocenters. The average molecular weight is 240 g/mol. The molecule has 2 aliphatic rings. The van der Waals surface area contributed by atoms with E-state index in [1.807, 2.05) is 25.7 Å². The molecular weight excluding hydrogens is 216 g/mol. The molecule has 2 atom stereocenters. The van der Waals surface area contributed by atoms with Crippen molar-refractivity contribution in [2.24, 2.45) is 11.3 Å². The van der Waals surface area contributed by atoms with Gasteiger partial charge in [-0.15, -0.1) is 0 Å². The minimum Gasteiger partial charge on any atom is -0.444 e. The fourth-order valence-corrected chi connectivity index (χ4v) is 3.01. The van der Waals surface area contributed by atoms with Gasteiger partial charge in [0.25, 0.3) is 0 Å². The lowest BCUT2D eigenvalue weighted by atomic mass is 9.68. The summed E-state index contributed by atoms with van der Waals surface area (Å²) in [6.45, 7) is 13.0. The molecule has 2 fully saturated rings. The Balaban J connectivity index is 2.03. The summed E-state index contributed by atoms with van der Waals surface area (Å²) < 4.78 is 5.45. The lowest BCUT2D eigenvalue weighted by Crippen LogP contribution is -2.71. The van der Waals surface area contributed by atoms with Crippen LogP contribution in [0.1, 0.15) is 34.6 Å². The molecule has 0 aromatic heterocycles. The van der Waals surface area contributed by atoms with Crippen molar-refractivity contribution in [2.45, 2.75) is 46.3 Å². The number of nitrogens with zero attached hydrogens (tertiary/aromatic N) is 1. The summed E-state index contributed by atoms with van der Waals surface area (Å²) in [5.74, 6) is 0.589. The topological polar surface area (TPSA) is 41.6 Å². The van der Waals surface area contributed by atoms with Crippen molar-refractivity contribution in [3.8, 4) is 0 Å². The molecule has 1 N–H and O–H groups in total. The first-order chi connectivity index (χ1) is 7.71. The number of amides is 1. The van der Waals surface area contributed by atoms with E-state index < -0.39 is 5.60 Å². The fraction of sp³-hybridized carbons (Fsp3) is 0.923. The van der Waals surface area contributed by atoms with Crippen LogP contribution in [0.5, 0.6) is 0 Å². The van der Waals surface area contributed by atoms with Crippen LogP contribution in [-0.4, -0.2) is 42.3 Å². The molecule has 2 heterocycles. The van der Waals surface area contributed by atoms with Crippen molar-refractivity contribution < 1.29 is 9.53 Å². The van der Waals surface area contributed by atoms with Gasteiger partial charge in [-0.25, -0.2) is 4.79 Å². The SMILES string of the molecule is CC(C)(C)OC(=O)N1C[C@H]2CNCC(C)(C)[C@H]21. The third-order valence-electron chi connectivity index (χ3n) is 3.63. The van der Waals surface area contributed by atoms with E-state index in [0.29, 0.717) is 12.0 Å². The second-order valence-electron chi connectivity index (χ2n) is 6.96. The number of carbonyl (C=O) groups excluding carboxylic acids is 1. The molecule has 1 amide bonds. The fourth-order valence-electron chi connectivity index (χ4n) is 3.01. The zero-order valence-electron chi connectivity index (χ0n) is 11.5. The summed E-state index contributed by atoms with van der Waals surface area (Å²) in [6, 6.07) is 0.332. The summed E-state index contributed by atoms with van der Waals surface area (Å²) >= 11 is 0. The zero-order valence-corrected chi connectivity index (χ0v) is 11.5. The van der Waals surface area contributed by atoms with Gasteiger partial charge in [-0.05, 0) is 26.2 Å². The van der Waals surface area contributed by atoms with Crippen LogP contribution in [0, 0.1) is 11.3 Å². The van der Waals surface area contributed by atoms with Gasteiger partial charge in [-0.2, -0.15) is 0 Å². The third kappa shape index (κ3) is 2.41. The lowest BCUT2D eigenvalue weighted by molar-refractivity contribution is -0.0825. The number of hydrogen-bond acceptors (Lipinski definition) is 3. The maximum atomic E-state index is 12.1. The minimum absolute atomic E-state index is 0.137. The van der Waals surface area contributed by atoms with E-state index in [0.717, 1.165) is 19.6 Å². The van der Waals surface area contributed by atoms with E-state index in [9.17, 15) is 4.79 Å². The summed E-state index contributed by atoms with van der Waals surface area (Å²) in [4.78, 5) is 14.0. The lowest BCUT2D eigenvalue weighted by Gasteiger charge is -2.57. The number of nitrogens with one attached hydrogen (secondary N) is 1. The molecule has 4 nitrogen and oxygen atoms in total. The van der Waals surface area contributed by atoms with Crippen LogP contribution in [0.15, 0.2) is 0 Å². The van der Waals surface area contributed by atoms with Gasteiger partial charge >= 0.3 is 6.09 Å². The van der Waals surface area contributed by atoms with E-state index in [4.69, 9.17) is 4.74 Å². The molecule has 17 heavy (non-hydrogen) atoms. The highest BCUT2D eigenvalue weighted by molar-refractivity contribution is 5.70. The van der Waals surface area contributed by atoms with Crippen LogP contribution in [0.25, 0.3) is 0 Å². The highest BCUT2D eigenvalue weighted by Crippen LogP contribution is 2.41. The van der Waals surface area contributed by atoms with Crippen LogP contribution in [0.4, 0.5) is 4.79 Å². The maximum Gasteiger partial charge on any atom is 0.410 e. The molecule has 0 radical (unpaired) electrons. The standard InChI is InChI=1S/C13H24N2O2/c1-12(2,3)17-11(16)15-7-9-6-14-8-13(4,5)10(9)15/h9-10,14H,6-8H2,1-5H3/t9-,10+/m1/s1. The highest BCUT2D eigenvalue weighted by atomic mass is 16.6. The molecule has 0 spiro atoms. The Morgan fingerprint density at radius 1 is 1.41 bits per heavy atom. The van der Waals surface area contributed by atoms with Crippen LogP contribution in [-0.2, 0) is 4.74 Å². The molecule has 4 heteroatoms. The second kappa shape index (κ2) is 3.87. The number of hydrogen-bond donors (Lipinski definition) is 1. The van der Waals surface area contributed by atoms with Crippen LogP contribution in [0.2, 0.25) is 0 Å². The van der Waals surface area contributed by atoms with E-state index in [1.165, 1.54) is 0 Å². The molecule has 0 bridgehead atoms. The van der Waals surface area contributed by atoms with Gasteiger partial charge in [0, 0.05) is 31.6 Å². The van der Waals surface area contributed by atoms with Crippen molar-refractivity contribution in [1.29, 1.82) is 0 Å². The normalized spacial score (nSPS) is 31.5. The predicted molar refractivity (Wildman–Crippen MR) is 66.9 cm³/mol. The van der Waals surface area contributed by atoms with Crippen LogP contribution < -0.4 is 5.32 Å². The zero-order chi connectivity index (χ0) is 12.8. The Morgan fingerprint density at radius 3 is 2.59 bits per heavy atom. The maximum absolute atomic E-state index is 12.1. The average Bonchev–Trinajstić information content (AvgIpc) is 2.03. The van der Waals surface area contributed by atoms with Gasteiger partial charge in [-0.1, -0.05) is 13.8 Å². The third-order valence-corrected chi connectivity index (χ3v) is 3.63. The van der Waals surface area contributed by atoms with Crippen LogP contribution >= 0.6 is 0 Å². The number of rotatable bonds is 0. The molecule has 0 aromatic rings. The minimum atomic E-state index is -0.404. The van der Waals surface area contributed by atoms with Crippen molar-refractivity contribution >= 4 is 6.09 Å². The first-order valence-electron chi connectivity index (χ1n) is 6.41. The Kier molecular flexibility index (Phi) is 2.89. The second-order valence-corrected chi connectivity index (χ2v) is 6.96. The molecule has 2 rings (SSSR count). The van der Waals surface area contributed by atoms with Gasteiger partial charge in [0.15, 0.2) is 0 Å². The number of ether oxygens (including phenoxy) is 1. The molecule has 0 aromatic carbocycles. The Morgan fingerprint density at radius 2 is 2.06 bits per heavy atom. The first kappa shape index (κ1) is 12.7. The smallest absolute Gasteiger partial charge is 0.410 e. The van der Waals surface area contributed by atoms with Crippen molar-refractivity contribution in [3.63, 3.8) is 0 Å². The van der Waals surface area contributed by atoms with Crippen LogP contribution in [0.3, 0.4) is 0 Å². The Hall–Kier alpha value is -0.770. The van der Waals surface area contributed by atoms with Gasteiger partial charge in [0.05, 0.1) is 0 Å². The first-order valence-corrected chi connectivity index (χ1v) is 6.41. The van der Waals surface area contributed by atoms with E-state index in [-0.39, 0.29) is 11.5 Å². The van der Waals surface area contributed by atoms with Gasteiger partial charge in [0.2, 0.25) is 0 Å². The number of carbonyl (C=O) groups is 1. The monoisotopic (exact) mass is 240 g/mol. The highest BCUT2D eigenvalue weighted by Gasteiger charge is 2.52. The van der Waals surface area contributed by atoms with Crippen molar-refractivity contribution in [1.82, 2.24) is 10.2 Å². The molecule has 0 saturated carbocycles. The number of likely N-dealkylation sites (tertiary alicyclic amines) is 1. The number of piperidine rings is 1. The largest absolute Gasteiger partial charge is 0.444 e. The molecule has 0 aliphatic carbocycles. The van der Waals surface area contributed by atoms with E-state index in [1.54, 1.807) is 0 Å². The van der Waals surface area contributed by atoms with Crippen molar-refractivity contribution in [3.05, 3.63) is 0 Å². The molecule has 98 valence electrons. The van der Waals surface area contributed by atoms with E-state index >= 15 is 0 Å². The summed E-state index contributed by atoms with van der Waals surface area (Å²) in [5.41, 5.74) is -0.267.